The molecule has 0 saturated heterocycles. The molecule has 0 spiro atoms. The highest BCUT2D eigenvalue weighted by atomic mass is 32.2. The fraction of sp³-hybridized carbons (Fsp3) is 0.286. The van der Waals surface area contributed by atoms with Crippen molar-refractivity contribution in [2.45, 2.75) is 38.0 Å². The minimum Gasteiger partial charge on any atom is -0.306 e. The van der Waals surface area contributed by atoms with Gasteiger partial charge in [-0.05, 0) is 41.4 Å². The Balaban J connectivity index is 1.95. The number of thioether (sulfide) groups is 1. The number of aryl methyl sites for hydroxylation is 1. The van der Waals surface area contributed by atoms with E-state index in [1.165, 1.54) is 23.7 Å². The highest BCUT2D eigenvalue weighted by Gasteiger charge is 2.45. The lowest BCUT2D eigenvalue weighted by Gasteiger charge is -2.22. The molecule has 2 N–H and O–H groups in total. The monoisotopic (exact) mass is 337 g/mol. The van der Waals surface area contributed by atoms with Crippen LogP contribution in [0, 0.1) is 0 Å². The summed E-state index contributed by atoms with van der Waals surface area (Å²) in [5, 5.41) is 0. The number of hydrogen-bond donors (Lipinski definition) is 1. The second kappa shape index (κ2) is 6.96. The SMILES string of the molecule is CCCCc1cccc(C2=C(C)SC(N)(c3ccccc3)C2=O)c1. The normalized spacial score (nSPS) is 20.7. The Morgan fingerprint density at radius 2 is 1.83 bits per heavy atom. The van der Waals surface area contributed by atoms with Gasteiger partial charge in [-0.25, -0.2) is 0 Å². The topological polar surface area (TPSA) is 43.1 Å². The van der Waals surface area contributed by atoms with Crippen LogP contribution in [0.2, 0.25) is 0 Å². The molecule has 1 unspecified atom stereocenters. The number of rotatable bonds is 5. The van der Waals surface area contributed by atoms with Crippen molar-refractivity contribution in [3.8, 4) is 0 Å². The first-order valence-corrected chi connectivity index (χ1v) is 9.26. The summed E-state index contributed by atoms with van der Waals surface area (Å²) in [6.45, 7) is 4.18. The lowest BCUT2D eigenvalue weighted by atomic mass is 9.92. The van der Waals surface area contributed by atoms with E-state index in [0.29, 0.717) is 0 Å². The van der Waals surface area contributed by atoms with E-state index in [4.69, 9.17) is 5.73 Å². The summed E-state index contributed by atoms with van der Waals surface area (Å²) < 4.78 is 0. The van der Waals surface area contributed by atoms with E-state index in [2.05, 4.69) is 19.1 Å². The summed E-state index contributed by atoms with van der Waals surface area (Å²) in [4.78, 5) is 13.1. The zero-order valence-electron chi connectivity index (χ0n) is 14.2. The Morgan fingerprint density at radius 3 is 2.54 bits per heavy atom. The van der Waals surface area contributed by atoms with Crippen molar-refractivity contribution in [2.75, 3.05) is 0 Å². The van der Waals surface area contributed by atoms with Crippen molar-refractivity contribution in [1.82, 2.24) is 0 Å². The molecule has 0 fully saturated rings. The van der Waals surface area contributed by atoms with Gasteiger partial charge >= 0.3 is 0 Å². The van der Waals surface area contributed by atoms with Crippen LogP contribution in [0.3, 0.4) is 0 Å². The van der Waals surface area contributed by atoms with Crippen molar-refractivity contribution >= 4 is 23.1 Å². The largest absolute Gasteiger partial charge is 0.306 e. The molecular formula is C21H23NOS. The first kappa shape index (κ1) is 17.0. The number of ketones is 1. The molecular weight excluding hydrogens is 314 g/mol. The number of nitrogens with two attached hydrogens (primary N) is 1. The summed E-state index contributed by atoms with van der Waals surface area (Å²) in [7, 11) is 0. The maximum atomic E-state index is 13.2. The first-order chi connectivity index (χ1) is 11.6. The summed E-state index contributed by atoms with van der Waals surface area (Å²) >= 11 is 1.46. The molecule has 0 amide bonds. The van der Waals surface area contributed by atoms with Crippen molar-refractivity contribution in [2.24, 2.45) is 5.73 Å². The van der Waals surface area contributed by atoms with Gasteiger partial charge in [0.05, 0.1) is 0 Å². The molecule has 0 aromatic heterocycles. The Morgan fingerprint density at radius 1 is 1.08 bits per heavy atom. The van der Waals surface area contributed by atoms with E-state index in [1.807, 2.05) is 49.4 Å². The van der Waals surface area contributed by atoms with E-state index < -0.39 is 4.87 Å². The van der Waals surface area contributed by atoms with E-state index in [1.54, 1.807) is 0 Å². The van der Waals surface area contributed by atoms with Crippen molar-refractivity contribution in [1.29, 1.82) is 0 Å². The number of allylic oxidation sites excluding steroid dienone is 1. The average molecular weight is 337 g/mol. The zero-order valence-corrected chi connectivity index (χ0v) is 15.0. The number of carbonyl (C=O) groups is 1. The van der Waals surface area contributed by atoms with Crippen molar-refractivity contribution in [3.05, 3.63) is 76.2 Å². The maximum absolute atomic E-state index is 13.2. The minimum atomic E-state index is -1.01. The van der Waals surface area contributed by atoms with E-state index in [-0.39, 0.29) is 5.78 Å². The molecule has 2 aromatic rings. The van der Waals surface area contributed by atoms with Crippen LogP contribution < -0.4 is 5.73 Å². The van der Waals surface area contributed by atoms with Gasteiger partial charge in [0.25, 0.3) is 0 Å². The van der Waals surface area contributed by atoms with Crippen LogP contribution in [-0.4, -0.2) is 5.78 Å². The second-order valence-electron chi connectivity index (χ2n) is 6.27. The molecule has 2 aromatic carbocycles. The third-order valence-electron chi connectivity index (χ3n) is 4.47. The Bertz CT molecular complexity index is 781. The van der Waals surface area contributed by atoms with Crippen LogP contribution >= 0.6 is 11.8 Å². The average Bonchev–Trinajstić information content (AvgIpc) is 2.84. The van der Waals surface area contributed by atoms with Gasteiger partial charge in [0.15, 0.2) is 10.7 Å². The number of hydrogen-bond acceptors (Lipinski definition) is 3. The van der Waals surface area contributed by atoms with Crippen LogP contribution in [-0.2, 0) is 16.1 Å². The quantitative estimate of drug-likeness (QED) is 0.845. The Hall–Kier alpha value is -1.84. The first-order valence-electron chi connectivity index (χ1n) is 8.44. The number of carbonyl (C=O) groups excluding carboxylic acids is 1. The predicted molar refractivity (Wildman–Crippen MR) is 103 cm³/mol. The standard InChI is InChI=1S/C21H23NOS/c1-3-4-9-16-10-8-11-17(14-16)19-15(2)24-21(22,20(19)23)18-12-6-5-7-13-18/h5-8,10-14H,3-4,9,22H2,1-2H3. The third-order valence-corrected chi connectivity index (χ3v) is 5.72. The van der Waals surface area contributed by atoms with Crippen LogP contribution in [0.4, 0.5) is 0 Å². The molecule has 0 bridgehead atoms. The highest BCUT2D eigenvalue weighted by Crippen LogP contribution is 2.49. The summed E-state index contributed by atoms with van der Waals surface area (Å²) in [5.74, 6) is 0.00356. The zero-order chi connectivity index (χ0) is 17.2. The molecule has 3 heteroatoms. The molecule has 3 rings (SSSR count). The van der Waals surface area contributed by atoms with Gasteiger partial charge < -0.3 is 5.73 Å². The van der Waals surface area contributed by atoms with Crippen LogP contribution in [0.5, 0.6) is 0 Å². The van der Waals surface area contributed by atoms with Gasteiger partial charge in [0, 0.05) is 5.57 Å². The fourth-order valence-corrected chi connectivity index (χ4v) is 4.40. The smallest absolute Gasteiger partial charge is 0.199 e. The van der Waals surface area contributed by atoms with Crippen LogP contribution in [0.25, 0.3) is 5.57 Å². The minimum absolute atomic E-state index is 0.00356. The van der Waals surface area contributed by atoms with Gasteiger partial charge in [-0.3, -0.25) is 4.79 Å². The molecule has 1 atom stereocenters. The molecule has 1 heterocycles. The van der Waals surface area contributed by atoms with Gasteiger partial charge in [-0.1, -0.05) is 79.7 Å². The molecule has 0 saturated carbocycles. The lowest BCUT2D eigenvalue weighted by molar-refractivity contribution is -0.115. The molecule has 0 aliphatic carbocycles. The highest BCUT2D eigenvalue weighted by molar-refractivity contribution is 8.05. The molecule has 0 radical (unpaired) electrons. The van der Waals surface area contributed by atoms with E-state index in [9.17, 15) is 4.79 Å². The van der Waals surface area contributed by atoms with Gasteiger partial charge in [0.2, 0.25) is 0 Å². The molecule has 1 aliphatic heterocycles. The number of Topliss-reactive ketones (excluding diaryl/α,β-unsaturated/α-hetero) is 1. The molecule has 124 valence electrons. The molecule has 2 nitrogen and oxygen atoms in total. The molecule has 1 aliphatic rings. The summed E-state index contributed by atoms with van der Waals surface area (Å²) in [6, 6.07) is 18.0. The summed E-state index contributed by atoms with van der Waals surface area (Å²) in [5.41, 5.74) is 10.4. The third kappa shape index (κ3) is 3.06. The summed E-state index contributed by atoms with van der Waals surface area (Å²) in [6.07, 6.45) is 3.38. The Kier molecular flexibility index (Phi) is 4.93. The van der Waals surface area contributed by atoms with Gasteiger partial charge in [-0.15, -0.1) is 0 Å². The molecule has 24 heavy (non-hydrogen) atoms. The number of unbranched alkanes of at least 4 members (excludes halogenated alkanes) is 1. The predicted octanol–water partition coefficient (Wildman–Crippen LogP) is 4.89. The lowest BCUT2D eigenvalue weighted by Crippen LogP contribution is -2.39. The van der Waals surface area contributed by atoms with Gasteiger partial charge in [-0.2, -0.15) is 0 Å². The number of benzene rings is 2. The van der Waals surface area contributed by atoms with Crippen molar-refractivity contribution < 1.29 is 4.79 Å². The fourth-order valence-electron chi connectivity index (χ4n) is 3.16. The van der Waals surface area contributed by atoms with Gasteiger partial charge in [0.1, 0.15) is 0 Å². The van der Waals surface area contributed by atoms with Crippen LogP contribution in [0.15, 0.2) is 59.5 Å². The van der Waals surface area contributed by atoms with Crippen LogP contribution in [0.1, 0.15) is 43.4 Å². The maximum Gasteiger partial charge on any atom is 0.199 e. The van der Waals surface area contributed by atoms with E-state index >= 15 is 0 Å². The van der Waals surface area contributed by atoms with Crippen molar-refractivity contribution in [3.63, 3.8) is 0 Å². The Labute approximate surface area is 148 Å². The second-order valence-corrected chi connectivity index (χ2v) is 7.73. The van der Waals surface area contributed by atoms with E-state index in [0.717, 1.165) is 34.4 Å².